The number of piperidine rings is 1. The van der Waals surface area contributed by atoms with Crippen LogP contribution in [0.2, 0.25) is 0 Å². The van der Waals surface area contributed by atoms with Gasteiger partial charge < -0.3 is 10.2 Å². The Labute approximate surface area is 131 Å². The molecule has 2 heterocycles. The van der Waals surface area contributed by atoms with Gasteiger partial charge in [0.2, 0.25) is 0 Å². The summed E-state index contributed by atoms with van der Waals surface area (Å²) in [6.07, 6.45) is 11.3. The molecule has 3 rings (SSSR count). The zero-order chi connectivity index (χ0) is 14.5. The van der Waals surface area contributed by atoms with Crippen molar-refractivity contribution in [2.45, 2.75) is 70.4 Å². The number of likely N-dealkylation sites (tertiary alicyclic amines) is 2. The molecule has 3 fully saturated rings. The first kappa shape index (κ1) is 15.8. The highest BCUT2D eigenvalue weighted by atomic mass is 15.2. The number of rotatable bonds is 8. The molecule has 0 aromatic carbocycles. The maximum absolute atomic E-state index is 3.76. The quantitative estimate of drug-likeness (QED) is 0.742. The lowest BCUT2D eigenvalue weighted by Crippen LogP contribution is -2.47. The molecule has 1 N–H and O–H groups in total. The Morgan fingerprint density at radius 2 is 1.71 bits per heavy atom. The van der Waals surface area contributed by atoms with Crippen molar-refractivity contribution in [1.82, 2.24) is 15.1 Å². The van der Waals surface area contributed by atoms with Gasteiger partial charge in [-0.05, 0) is 77.0 Å². The van der Waals surface area contributed by atoms with E-state index in [1.54, 1.807) is 0 Å². The van der Waals surface area contributed by atoms with Crippen LogP contribution in [0.5, 0.6) is 0 Å². The Kier molecular flexibility index (Phi) is 5.96. The number of nitrogens with one attached hydrogen (secondary N) is 1. The molecule has 1 atom stereocenters. The summed E-state index contributed by atoms with van der Waals surface area (Å²) in [5, 5.41) is 3.76. The van der Waals surface area contributed by atoms with Crippen molar-refractivity contribution in [3.8, 4) is 0 Å². The van der Waals surface area contributed by atoms with Crippen LogP contribution in [0, 0.1) is 5.92 Å². The van der Waals surface area contributed by atoms with Crippen LogP contribution in [-0.2, 0) is 0 Å². The minimum atomic E-state index is 0.795. The molecule has 3 aliphatic rings. The van der Waals surface area contributed by atoms with Gasteiger partial charge in [-0.25, -0.2) is 0 Å². The largest absolute Gasteiger partial charge is 0.312 e. The van der Waals surface area contributed by atoms with Crippen molar-refractivity contribution in [3.63, 3.8) is 0 Å². The third kappa shape index (κ3) is 4.94. The summed E-state index contributed by atoms with van der Waals surface area (Å²) in [5.41, 5.74) is 0. The smallest absolute Gasteiger partial charge is 0.0220 e. The summed E-state index contributed by atoms with van der Waals surface area (Å²) in [6.45, 7) is 10.4. The van der Waals surface area contributed by atoms with Gasteiger partial charge in [0.15, 0.2) is 0 Å². The van der Waals surface area contributed by atoms with Crippen molar-refractivity contribution in [2.75, 3.05) is 39.3 Å². The molecule has 3 heteroatoms. The van der Waals surface area contributed by atoms with E-state index in [1.165, 1.54) is 90.6 Å². The van der Waals surface area contributed by atoms with E-state index in [2.05, 4.69) is 22.0 Å². The molecule has 2 aliphatic heterocycles. The minimum Gasteiger partial charge on any atom is -0.312 e. The van der Waals surface area contributed by atoms with Gasteiger partial charge in [-0.2, -0.15) is 0 Å². The Morgan fingerprint density at radius 3 is 2.33 bits per heavy atom. The van der Waals surface area contributed by atoms with Gasteiger partial charge in [0.05, 0.1) is 0 Å². The molecule has 1 unspecified atom stereocenters. The summed E-state index contributed by atoms with van der Waals surface area (Å²) in [6, 6.07) is 1.65. The summed E-state index contributed by atoms with van der Waals surface area (Å²) in [7, 11) is 0. The van der Waals surface area contributed by atoms with Crippen LogP contribution < -0.4 is 5.32 Å². The Balaban J connectivity index is 1.39. The van der Waals surface area contributed by atoms with Crippen molar-refractivity contribution < 1.29 is 0 Å². The van der Waals surface area contributed by atoms with E-state index in [9.17, 15) is 0 Å². The van der Waals surface area contributed by atoms with E-state index >= 15 is 0 Å². The molecular formula is C18H35N3. The lowest BCUT2D eigenvalue weighted by molar-refractivity contribution is 0.108. The minimum absolute atomic E-state index is 0.795. The molecule has 0 bridgehead atoms. The molecule has 3 nitrogen and oxygen atoms in total. The van der Waals surface area contributed by atoms with E-state index in [4.69, 9.17) is 0 Å². The highest BCUT2D eigenvalue weighted by molar-refractivity contribution is 4.86. The predicted octanol–water partition coefficient (Wildman–Crippen LogP) is 2.71. The topological polar surface area (TPSA) is 18.5 Å². The first-order chi connectivity index (χ1) is 10.3. The van der Waals surface area contributed by atoms with E-state index in [0.29, 0.717) is 0 Å². The van der Waals surface area contributed by atoms with Crippen molar-refractivity contribution in [3.05, 3.63) is 0 Å². The maximum atomic E-state index is 3.76. The fraction of sp³-hybridized carbons (Fsp3) is 1.00. The van der Waals surface area contributed by atoms with E-state index < -0.39 is 0 Å². The third-order valence-electron chi connectivity index (χ3n) is 5.72. The molecule has 0 amide bonds. The fourth-order valence-corrected chi connectivity index (χ4v) is 4.17. The second-order valence-corrected chi connectivity index (χ2v) is 7.61. The number of nitrogens with zero attached hydrogens (tertiary/aromatic N) is 2. The molecule has 122 valence electrons. The van der Waals surface area contributed by atoms with Crippen molar-refractivity contribution >= 4 is 0 Å². The molecule has 21 heavy (non-hydrogen) atoms. The van der Waals surface area contributed by atoms with Crippen LogP contribution in [0.15, 0.2) is 0 Å². The summed E-state index contributed by atoms with van der Waals surface area (Å²) in [4.78, 5) is 5.50. The van der Waals surface area contributed by atoms with Crippen LogP contribution in [0.1, 0.15) is 58.3 Å². The zero-order valence-electron chi connectivity index (χ0n) is 14.0. The first-order valence-corrected chi connectivity index (χ1v) is 9.55. The SMILES string of the molecule is CCCC(CNC1CC1)N1CCC(CN2CCCC2)CC1. The van der Waals surface area contributed by atoms with Gasteiger partial charge in [-0.3, -0.25) is 4.90 Å². The Bertz CT molecular complexity index is 289. The highest BCUT2D eigenvalue weighted by Crippen LogP contribution is 2.24. The van der Waals surface area contributed by atoms with Crippen molar-refractivity contribution in [2.24, 2.45) is 5.92 Å². The molecule has 0 spiro atoms. The third-order valence-corrected chi connectivity index (χ3v) is 5.72. The molecule has 1 aliphatic carbocycles. The maximum Gasteiger partial charge on any atom is 0.0220 e. The van der Waals surface area contributed by atoms with Gasteiger partial charge in [-0.1, -0.05) is 13.3 Å². The summed E-state index contributed by atoms with van der Waals surface area (Å²) >= 11 is 0. The Morgan fingerprint density at radius 1 is 1.00 bits per heavy atom. The monoisotopic (exact) mass is 293 g/mol. The van der Waals surface area contributed by atoms with Gasteiger partial charge in [-0.15, -0.1) is 0 Å². The fourth-order valence-electron chi connectivity index (χ4n) is 4.17. The normalized spacial score (nSPS) is 27.3. The van der Waals surface area contributed by atoms with Gasteiger partial charge in [0.25, 0.3) is 0 Å². The standard InChI is InChI=1S/C18H35N3/c1-2-5-18(14-19-17-6-7-17)21-12-8-16(9-13-21)15-20-10-3-4-11-20/h16-19H,2-15H2,1H3. The van der Waals surface area contributed by atoms with Crippen LogP contribution in [0.25, 0.3) is 0 Å². The van der Waals surface area contributed by atoms with E-state index in [-0.39, 0.29) is 0 Å². The number of hydrogen-bond donors (Lipinski definition) is 1. The second-order valence-electron chi connectivity index (χ2n) is 7.61. The molecule has 0 aromatic heterocycles. The molecule has 0 aromatic rings. The summed E-state index contributed by atoms with van der Waals surface area (Å²) < 4.78 is 0. The summed E-state index contributed by atoms with van der Waals surface area (Å²) in [5.74, 6) is 0.970. The van der Waals surface area contributed by atoms with E-state index in [0.717, 1.165) is 18.0 Å². The van der Waals surface area contributed by atoms with Crippen LogP contribution in [0.3, 0.4) is 0 Å². The highest BCUT2D eigenvalue weighted by Gasteiger charge is 2.28. The first-order valence-electron chi connectivity index (χ1n) is 9.55. The predicted molar refractivity (Wildman–Crippen MR) is 89.7 cm³/mol. The van der Waals surface area contributed by atoms with Gasteiger partial charge in [0.1, 0.15) is 0 Å². The van der Waals surface area contributed by atoms with Gasteiger partial charge in [0, 0.05) is 25.2 Å². The average molecular weight is 293 g/mol. The lowest BCUT2D eigenvalue weighted by atomic mass is 9.94. The molecular weight excluding hydrogens is 258 g/mol. The zero-order valence-corrected chi connectivity index (χ0v) is 14.0. The van der Waals surface area contributed by atoms with Crippen molar-refractivity contribution in [1.29, 1.82) is 0 Å². The molecule has 2 saturated heterocycles. The van der Waals surface area contributed by atoms with Gasteiger partial charge >= 0.3 is 0 Å². The average Bonchev–Trinajstić information content (AvgIpc) is 3.20. The van der Waals surface area contributed by atoms with E-state index in [1.807, 2.05) is 0 Å². The molecule has 1 saturated carbocycles. The lowest BCUT2D eigenvalue weighted by Gasteiger charge is -2.38. The van der Waals surface area contributed by atoms with Crippen LogP contribution >= 0.6 is 0 Å². The van der Waals surface area contributed by atoms with Crippen LogP contribution in [-0.4, -0.2) is 61.2 Å². The number of hydrogen-bond acceptors (Lipinski definition) is 3. The second kappa shape index (κ2) is 7.94. The molecule has 0 radical (unpaired) electrons. The Hall–Kier alpha value is -0.120. The van der Waals surface area contributed by atoms with Crippen LogP contribution in [0.4, 0.5) is 0 Å².